The summed E-state index contributed by atoms with van der Waals surface area (Å²) < 4.78 is 0. The van der Waals surface area contributed by atoms with E-state index < -0.39 is 0 Å². The summed E-state index contributed by atoms with van der Waals surface area (Å²) in [6.45, 7) is 8.58. The van der Waals surface area contributed by atoms with Gasteiger partial charge in [0.05, 0.1) is 17.8 Å². The third kappa shape index (κ3) is 4.43. The molecule has 0 spiro atoms. The number of aldehydes is 1. The normalized spacial score (nSPS) is 21.9. The van der Waals surface area contributed by atoms with E-state index in [2.05, 4.69) is 56.5 Å². The van der Waals surface area contributed by atoms with Gasteiger partial charge in [-0.25, -0.2) is 10.4 Å². The van der Waals surface area contributed by atoms with E-state index in [1.165, 1.54) is 37.1 Å². The molecule has 3 heterocycles. The lowest BCUT2D eigenvalue weighted by atomic mass is 10.0. The number of hydrogen-bond donors (Lipinski definition) is 2. The molecule has 2 saturated heterocycles. The fourth-order valence-electron chi connectivity index (χ4n) is 4.62. The summed E-state index contributed by atoms with van der Waals surface area (Å²) in [7, 11) is 2.21. The maximum Gasteiger partial charge on any atom is 0.138 e. The minimum Gasteiger partial charge on any atom is -0.306 e. The van der Waals surface area contributed by atoms with Gasteiger partial charge in [0, 0.05) is 37.6 Å². The van der Waals surface area contributed by atoms with Crippen LogP contribution in [0.25, 0.3) is 10.9 Å². The van der Waals surface area contributed by atoms with Crippen LogP contribution < -0.4 is 5.43 Å². The highest BCUT2D eigenvalue weighted by molar-refractivity contribution is 5.82. The van der Waals surface area contributed by atoms with Gasteiger partial charge in [-0.2, -0.15) is 5.10 Å². The van der Waals surface area contributed by atoms with Crippen molar-refractivity contribution in [1.29, 1.82) is 0 Å². The Balaban J connectivity index is 1.30. The van der Waals surface area contributed by atoms with E-state index in [9.17, 15) is 4.79 Å². The number of carbonyl (C=O) groups is 1. The van der Waals surface area contributed by atoms with Gasteiger partial charge in [-0.1, -0.05) is 6.07 Å². The minimum absolute atomic E-state index is 0.196. The third-order valence-corrected chi connectivity index (χ3v) is 6.29. The summed E-state index contributed by atoms with van der Waals surface area (Å²) in [5.74, 6) is 0. The number of piperazine rings is 1. The molecule has 7 nitrogen and oxygen atoms in total. The summed E-state index contributed by atoms with van der Waals surface area (Å²) in [4.78, 5) is 16.8. The summed E-state index contributed by atoms with van der Waals surface area (Å²) in [5, 5.41) is 10.5. The van der Waals surface area contributed by atoms with Crippen LogP contribution in [0.15, 0.2) is 18.3 Å². The quantitative estimate of drug-likeness (QED) is 0.730. The number of benzene rings is 1. The lowest BCUT2D eigenvalue weighted by Crippen LogP contribution is -2.58. The Hall–Kier alpha value is -1.80. The van der Waals surface area contributed by atoms with Crippen molar-refractivity contribution in [3.8, 4) is 0 Å². The number of aromatic nitrogens is 2. The van der Waals surface area contributed by atoms with Gasteiger partial charge in [0.1, 0.15) is 6.29 Å². The average Bonchev–Trinajstić information content (AvgIpc) is 3.18. The van der Waals surface area contributed by atoms with Gasteiger partial charge in [-0.05, 0) is 63.5 Å². The summed E-state index contributed by atoms with van der Waals surface area (Å²) in [6.07, 6.45) is 6.13. The van der Waals surface area contributed by atoms with Crippen molar-refractivity contribution < 1.29 is 4.79 Å². The molecule has 0 saturated carbocycles. The Morgan fingerprint density at radius 3 is 2.68 bits per heavy atom. The first-order valence-electron chi connectivity index (χ1n) is 10.4. The number of hydrogen-bond acceptors (Lipinski definition) is 6. The molecule has 2 aromatic rings. The molecular weight excluding hydrogens is 352 g/mol. The Morgan fingerprint density at radius 2 is 1.96 bits per heavy atom. The van der Waals surface area contributed by atoms with Crippen LogP contribution in [0.1, 0.15) is 24.0 Å². The molecule has 7 heteroatoms. The largest absolute Gasteiger partial charge is 0.306 e. The van der Waals surface area contributed by atoms with Crippen molar-refractivity contribution in [1.82, 2.24) is 30.4 Å². The van der Waals surface area contributed by atoms with E-state index in [4.69, 9.17) is 0 Å². The number of hydrazine groups is 1. The lowest BCUT2D eigenvalue weighted by Gasteiger charge is -2.42. The molecule has 1 atom stereocenters. The number of fused-ring (bicyclic) bond motifs is 1. The van der Waals surface area contributed by atoms with Crippen molar-refractivity contribution in [2.75, 3.05) is 46.3 Å². The van der Waals surface area contributed by atoms with Crippen molar-refractivity contribution in [2.24, 2.45) is 0 Å². The topological polar surface area (TPSA) is 67.5 Å². The van der Waals surface area contributed by atoms with E-state index in [0.29, 0.717) is 6.42 Å². The maximum absolute atomic E-state index is 11.7. The van der Waals surface area contributed by atoms with Gasteiger partial charge in [-0.15, -0.1) is 0 Å². The fourth-order valence-corrected chi connectivity index (χ4v) is 4.62. The number of carbonyl (C=O) groups excluding carboxylic acids is 1. The number of nitrogens with zero attached hydrogens (tertiary/aromatic N) is 4. The van der Waals surface area contributed by atoms with Gasteiger partial charge in [0.15, 0.2) is 0 Å². The first-order valence-corrected chi connectivity index (χ1v) is 10.4. The van der Waals surface area contributed by atoms with Crippen LogP contribution in [0.3, 0.4) is 0 Å². The van der Waals surface area contributed by atoms with E-state index in [-0.39, 0.29) is 6.04 Å². The first kappa shape index (κ1) is 19.5. The molecule has 1 aromatic heterocycles. The van der Waals surface area contributed by atoms with Crippen molar-refractivity contribution in [2.45, 2.75) is 38.3 Å². The third-order valence-electron chi connectivity index (χ3n) is 6.29. The number of aryl methyl sites for hydroxylation is 1. The molecule has 1 aromatic carbocycles. The molecule has 0 amide bonds. The van der Waals surface area contributed by atoms with Gasteiger partial charge in [-0.3, -0.25) is 10.00 Å². The summed E-state index contributed by atoms with van der Waals surface area (Å²) in [5.41, 5.74) is 6.86. The Kier molecular flexibility index (Phi) is 6.06. The predicted octanol–water partition coefficient (Wildman–Crippen LogP) is 1.20. The number of rotatable bonds is 6. The number of H-pyrrole nitrogens is 1. The molecule has 2 N–H and O–H groups in total. The summed E-state index contributed by atoms with van der Waals surface area (Å²) >= 11 is 0. The molecular formula is C21H32N6O. The molecule has 2 fully saturated rings. The molecule has 0 bridgehead atoms. The number of nitrogens with one attached hydrogen (secondary N) is 2. The van der Waals surface area contributed by atoms with E-state index >= 15 is 0 Å². The van der Waals surface area contributed by atoms with Crippen LogP contribution in [0.2, 0.25) is 0 Å². The van der Waals surface area contributed by atoms with E-state index in [1.807, 2.05) is 6.20 Å². The number of aromatic amines is 1. The number of piperidine rings is 1. The molecule has 2 aliphatic heterocycles. The minimum atomic E-state index is -0.196. The van der Waals surface area contributed by atoms with Gasteiger partial charge in [0.25, 0.3) is 0 Å². The monoisotopic (exact) mass is 384 g/mol. The van der Waals surface area contributed by atoms with Crippen LogP contribution in [-0.2, 0) is 11.2 Å². The second-order valence-corrected chi connectivity index (χ2v) is 8.38. The second-order valence-electron chi connectivity index (χ2n) is 8.38. The van der Waals surface area contributed by atoms with Crippen molar-refractivity contribution in [3.63, 3.8) is 0 Å². The molecule has 28 heavy (non-hydrogen) atoms. The highest BCUT2D eigenvalue weighted by Crippen LogP contribution is 2.20. The fraction of sp³-hybridized carbons (Fsp3) is 0.619. The Labute approximate surface area is 167 Å². The summed E-state index contributed by atoms with van der Waals surface area (Å²) in [6, 6.07) is 4.81. The standard InChI is InChI=1S/C21H32N6O/c1-16-11-17(12-18-14-22-23-21(16)18)13-19(15-28)24-27-9-7-26(8-10-27)20-3-5-25(2)6-4-20/h11-12,14-15,19-20,24H,3-10,13H2,1-2H3,(H,22,23)/t19-/m1/s1. The average molecular weight is 385 g/mol. The van der Waals surface area contributed by atoms with Gasteiger partial charge < -0.3 is 9.69 Å². The van der Waals surface area contributed by atoms with Crippen LogP contribution in [0.5, 0.6) is 0 Å². The van der Waals surface area contributed by atoms with E-state index in [0.717, 1.165) is 49.4 Å². The van der Waals surface area contributed by atoms with Gasteiger partial charge in [0.2, 0.25) is 0 Å². The Morgan fingerprint density at radius 1 is 1.21 bits per heavy atom. The number of likely N-dealkylation sites (tertiary alicyclic amines) is 1. The SMILES string of the molecule is Cc1cc(C[C@H](C=O)NN2CCN(C3CCN(C)CC3)CC2)cc2cn[nH]c12. The molecule has 2 aliphatic rings. The zero-order chi connectivity index (χ0) is 19.5. The van der Waals surface area contributed by atoms with E-state index in [1.54, 1.807) is 0 Å². The molecule has 4 rings (SSSR count). The predicted molar refractivity (Wildman–Crippen MR) is 111 cm³/mol. The molecule has 152 valence electrons. The van der Waals surface area contributed by atoms with Crippen LogP contribution in [0.4, 0.5) is 0 Å². The highest BCUT2D eigenvalue weighted by Gasteiger charge is 2.27. The zero-order valence-corrected chi connectivity index (χ0v) is 17.0. The van der Waals surface area contributed by atoms with Crippen LogP contribution in [-0.4, -0.2) is 89.7 Å². The second kappa shape index (κ2) is 8.69. The molecule has 0 radical (unpaired) electrons. The van der Waals surface area contributed by atoms with Gasteiger partial charge >= 0.3 is 0 Å². The highest BCUT2D eigenvalue weighted by atomic mass is 16.1. The first-order chi connectivity index (χ1) is 13.6. The molecule has 0 unspecified atom stereocenters. The smallest absolute Gasteiger partial charge is 0.138 e. The van der Waals surface area contributed by atoms with Crippen LogP contribution >= 0.6 is 0 Å². The zero-order valence-electron chi connectivity index (χ0n) is 17.0. The van der Waals surface area contributed by atoms with Crippen molar-refractivity contribution >= 4 is 17.2 Å². The maximum atomic E-state index is 11.7. The lowest BCUT2D eigenvalue weighted by molar-refractivity contribution is -0.111. The van der Waals surface area contributed by atoms with Crippen LogP contribution in [0, 0.1) is 6.92 Å². The molecule has 0 aliphatic carbocycles. The Bertz CT molecular complexity index is 789. The van der Waals surface area contributed by atoms with Crippen molar-refractivity contribution in [3.05, 3.63) is 29.5 Å².